The van der Waals surface area contributed by atoms with Crippen LogP contribution in [0, 0.1) is 11.8 Å². The zero-order valence-electron chi connectivity index (χ0n) is 13.9. The maximum Gasteiger partial charge on any atom is 0.314 e. The van der Waals surface area contributed by atoms with Gasteiger partial charge in [-0.2, -0.15) is 0 Å². The number of carbonyl (C=O) groups is 4. The lowest BCUT2D eigenvalue weighted by molar-refractivity contribution is -0.155. The Bertz CT molecular complexity index is 485. The third-order valence-corrected chi connectivity index (χ3v) is 2.19. The third-order valence-electron chi connectivity index (χ3n) is 2.19. The van der Waals surface area contributed by atoms with Gasteiger partial charge >= 0.3 is 11.9 Å². The molecule has 0 amide bonds. The fraction of sp³-hybridized carbons (Fsp3) is 0.625. The first-order valence-electron chi connectivity index (χ1n) is 6.80. The Labute approximate surface area is 130 Å². The van der Waals surface area contributed by atoms with Gasteiger partial charge in [0.25, 0.3) is 0 Å². The molecule has 0 bridgehead atoms. The number of esters is 2. The molecular weight excluding hydrogens is 288 g/mol. The normalized spacial score (nSPS) is 11.0. The minimum absolute atomic E-state index is 0.299. The molecule has 0 rings (SSSR count). The molecule has 0 unspecified atom stereocenters. The van der Waals surface area contributed by atoms with E-state index < -0.39 is 23.1 Å². The van der Waals surface area contributed by atoms with E-state index in [4.69, 9.17) is 9.47 Å². The number of rotatable bonds is 6. The molecule has 0 aromatic carbocycles. The summed E-state index contributed by atoms with van der Waals surface area (Å²) < 4.78 is 10.2. The molecule has 0 aromatic heterocycles. The van der Waals surface area contributed by atoms with Crippen molar-refractivity contribution in [3.63, 3.8) is 0 Å². The van der Waals surface area contributed by atoms with Crippen molar-refractivity contribution in [2.75, 3.05) is 0 Å². The lowest BCUT2D eigenvalue weighted by Gasteiger charge is -2.22. The molecule has 0 fully saturated rings. The SMILES string of the molecule is CC(=O)CC(=O)OC(C)(C)C#CC(C)(C)OC(=O)CC(C)=O. The van der Waals surface area contributed by atoms with Gasteiger partial charge in [-0.25, -0.2) is 0 Å². The van der Waals surface area contributed by atoms with Gasteiger partial charge in [-0.15, -0.1) is 0 Å². The number of Topliss-reactive ketones (excluding diaryl/α,β-unsaturated/α-hetero) is 2. The standard InChI is InChI=1S/C16H22O6/c1-11(17)9-13(19)21-15(3,4)7-8-16(5,6)22-14(20)10-12(2)18/h9-10H2,1-6H3. The minimum Gasteiger partial charge on any atom is -0.446 e. The van der Waals surface area contributed by atoms with Crippen LogP contribution in [0.3, 0.4) is 0 Å². The van der Waals surface area contributed by atoms with Gasteiger partial charge in [0, 0.05) is 0 Å². The quantitative estimate of drug-likeness (QED) is 0.421. The summed E-state index contributed by atoms with van der Waals surface area (Å²) in [5.74, 6) is 3.46. The molecule has 0 aliphatic carbocycles. The molecule has 0 atom stereocenters. The maximum absolute atomic E-state index is 11.5. The molecule has 0 heterocycles. The highest BCUT2D eigenvalue weighted by atomic mass is 16.6. The molecule has 0 saturated carbocycles. The highest BCUT2D eigenvalue weighted by molar-refractivity contribution is 5.94. The summed E-state index contributed by atoms with van der Waals surface area (Å²) in [7, 11) is 0. The average molecular weight is 310 g/mol. The largest absolute Gasteiger partial charge is 0.446 e. The van der Waals surface area contributed by atoms with Gasteiger partial charge in [-0.3, -0.25) is 19.2 Å². The molecule has 0 aliphatic heterocycles. The van der Waals surface area contributed by atoms with Crippen molar-refractivity contribution >= 4 is 23.5 Å². The van der Waals surface area contributed by atoms with Crippen molar-refractivity contribution in [3.05, 3.63) is 0 Å². The van der Waals surface area contributed by atoms with Crippen molar-refractivity contribution in [1.29, 1.82) is 0 Å². The van der Waals surface area contributed by atoms with E-state index in [1.165, 1.54) is 13.8 Å². The zero-order chi connectivity index (χ0) is 17.6. The third kappa shape index (κ3) is 9.70. The van der Waals surface area contributed by atoms with E-state index in [-0.39, 0.29) is 24.4 Å². The Balaban J connectivity index is 4.79. The highest BCUT2D eigenvalue weighted by Crippen LogP contribution is 2.13. The van der Waals surface area contributed by atoms with Crippen LogP contribution in [0.4, 0.5) is 0 Å². The van der Waals surface area contributed by atoms with Crippen molar-refractivity contribution in [2.24, 2.45) is 0 Å². The van der Waals surface area contributed by atoms with Crippen LogP contribution < -0.4 is 0 Å². The van der Waals surface area contributed by atoms with Gasteiger partial charge in [0.05, 0.1) is 0 Å². The van der Waals surface area contributed by atoms with Crippen LogP contribution >= 0.6 is 0 Å². The molecule has 0 saturated heterocycles. The number of carbonyl (C=O) groups excluding carboxylic acids is 4. The smallest absolute Gasteiger partial charge is 0.314 e. The lowest BCUT2D eigenvalue weighted by atomic mass is 10.1. The van der Waals surface area contributed by atoms with Crippen molar-refractivity contribution in [2.45, 2.75) is 65.6 Å². The molecule has 22 heavy (non-hydrogen) atoms. The van der Waals surface area contributed by atoms with Gasteiger partial charge < -0.3 is 9.47 Å². The van der Waals surface area contributed by atoms with Gasteiger partial charge in [0.1, 0.15) is 24.4 Å². The molecule has 0 aliphatic rings. The summed E-state index contributed by atoms with van der Waals surface area (Å²) in [6, 6.07) is 0. The van der Waals surface area contributed by atoms with E-state index in [1.807, 2.05) is 0 Å². The lowest BCUT2D eigenvalue weighted by Crippen LogP contribution is -2.30. The molecule has 6 nitrogen and oxygen atoms in total. The van der Waals surface area contributed by atoms with E-state index in [9.17, 15) is 19.2 Å². The van der Waals surface area contributed by atoms with Gasteiger partial charge in [0.2, 0.25) is 0 Å². The molecule has 0 spiro atoms. The van der Waals surface area contributed by atoms with Crippen LogP contribution in [0.2, 0.25) is 0 Å². The summed E-state index contributed by atoms with van der Waals surface area (Å²) >= 11 is 0. The first-order valence-corrected chi connectivity index (χ1v) is 6.80. The highest BCUT2D eigenvalue weighted by Gasteiger charge is 2.25. The Morgan fingerprint density at radius 1 is 0.727 bits per heavy atom. The minimum atomic E-state index is -1.13. The van der Waals surface area contributed by atoms with Crippen molar-refractivity contribution in [1.82, 2.24) is 0 Å². The second-order valence-corrected chi connectivity index (χ2v) is 5.98. The van der Waals surface area contributed by atoms with Crippen LogP contribution in [0.15, 0.2) is 0 Å². The fourth-order valence-electron chi connectivity index (χ4n) is 1.40. The van der Waals surface area contributed by atoms with Gasteiger partial charge in [-0.1, -0.05) is 11.8 Å². The van der Waals surface area contributed by atoms with Crippen LogP contribution in [-0.4, -0.2) is 34.7 Å². The Hall–Kier alpha value is -2.16. The number of ether oxygens (including phenoxy) is 2. The molecule has 0 aromatic rings. The number of ketones is 2. The Morgan fingerprint density at radius 3 is 1.23 bits per heavy atom. The zero-order valence-corrected chi connectivity index (χ0v) is 13.9. The van der Waals surface area contributed by atoms with Crippen LogP contribution in [-0.2, 0) is 28.7 Å². The molecule has 0 radical (unpaired) electrons. The van der Waals surface area contributed by atoms with Gasteiger partial charge in [0.15, 0.2) is 11.2 Å². The molecular formula is C16H22O6. The summed E-state index contributed by atoms with van der Waals surface area (Å²) in [4.78, 5) is 44.6. The van der Waals surface area contributed by atoms with Crippen LogP contribution in [0.5, 0.6) is 0 Å². The van der Waals surface area contributed by atoms with Crippen molar-refractivity contribution < 1.29 is 28.7 Å². The van der Waals surface area contributed by atoms with E-state index in [0.29, 0.717) is 0 Å². The number of hydrogen-bond acceptors (Lipinski definition) is 6. The Morgan fingerprint density at radius 2 is 1.00 bits per heavy atom. The second kappa shape index (κ2) is 7.74. The van der Waals surface area contributed by atoms with Gasteiger partial charge in [-0.05, 0) is 41.5 Å². The second-order valence-electron chi connectivity index (χ2n) is 5.98. The summed E-state index contributed by atoms with van der Waals surface area (Å²) in [5, 5.41) is 0. The van der Waals surface area contributed by atoms with Crippen LogP contribution in [0.25, 0.3) is 0 Å². The topological polar surface area (TPSA) is 86.7 Å². The fourth-order valence-corrected chi connectivity index (χ4v) is 1.40. The summed E-state index contributed by atoms with van der Waals surface area (Å²) in [6.07, 6.45) is -0.635. The first kappa shape index (κ1) is 19.8. The maximum atomic E-state index is 11.5. The summed E-state index contributed by atoms with van der Waals surface area (Å²) in [6.45, 7) is 8.82. The predicted octanol–water partition coefficient (Wildman–Crippen LogP) is 1.59. The molecule has 6 heteroatoms. The van der Waals surface area contributed by atoms with E-state index in [2.05, 4.69) is 11.8 Å². The average Bonchev–Trinajstić information content (AvgIpc) is 2.22. The number of hydrogen-bond donors (Lipinski definition) is 0. The Kier molecular flexibility index (Phi) is 6.98. The van der Waals surface area contributed by atoms with Crippen molar-refractivity contribution in [3.8, 4) is 11.8 Å². The molecule has 0 N–H and O–H groups in total. The van der Waals surface area contributed by atoms with E-state index in [0.717, 1.165) is 0 Å². The predicted molar refractivity (Wildman–Crippen MR) is 78.7 cm³/mol. The molecule has 122 valence electrons. The summed E-state index contributed by atoms with van der Waals surface area (Å²) in [5.41, 5.74) is -2.26. The monoisotopic (exact) mass is 310 g/mol. The van der Waals surface area contributed by atoms with E-state index >= 15 is 0 Å². The van der Waals surface area contributed by atoms with Crippen LogP contribution in [0.1, 0.15) is 54.4 Å². The first-order chi connectivity index (χ1) is 9.83. The van der Waals surface area contributed by atoms with E-state index in [1.54, 1.807) is 27.7 Å².